The molecule has 0 unspecified atom stereocenters. The van der Waals surface area contributed by atoms with Crippen LogP contribution in [0.3, 0.4) is 0 Å². The summed E-state index contributed by atoms with van der Waals surface area (Å²) in [5.74, 6) is 2.08. The molecule has 0 atom stereocenters. The summed E-state index contributed by atoms with van der Waals surface area (Å²) < 4.78 is 10.8. The van der Waals surface area contributed by atoms with Crippen molar-refractivity contribution in [2.75, 3.05) is 0 Å². The van der Waals surface area contributed by atoms with Crippen molar-refractivity contribution < 1.29 is 9.26 Å². The van der Waals surface area contributed by atoms with Gasteiger partial charge in [-0.2, -0.15) is 5.26 Å². The van der Waals surface area contributed by atoms with Gasteiger partial charge in [-0.25, -0.2) is 0 Å². The van der Waals surface area contributed by atoms with Gasteiger partial charge in [0.25, 0.3) is 0 Å². The summed E-state index contributed by atoms with van der Waals surface area (Å²) in [5.41, 5.74) is 1.11. The van der Waals surface area contributed by atoms with Crippen molar-refractivity contribution in [3.8, 4) is 28.9 Å². The summed E-state index contributed by atoms with van der Waals surface area (Å²) in [7, 11) is 0. The highest BCUT2D eigenvalue weighted by atomic mass is 16.5. The van der Waals surface area contributed by atoms with Crippen LogP contribution in [-0.4, -0.2) is 5.16 Å². The molecule has 1 heterocycles. The lowest BCUT2D eigenvalue weighted by molar-refractivity contribution is 0.430. The number of hydrogen-bond donors (Lipinski definition) is 0. The average molecular weight is 262 g/mol. The Labute approximate surface area is 115 Å². The predicted molar refractivity (Wildman–Crippen MR) is 73.2 cm³/mol. The van der Waals surface area contributed by atoms with E-state index in [-0.39, 0.29) is 5.69 Å². The fourth-order valence-corrected chi connectivity index (χ4v) is 1.78. The Morgan fingerprint density at radius 3 is 2.30 bits per heavy atom. The van der Waals surface area contributed by atoms with Crippen LogP contribution in [0.2, 0.25) is 0 Å². The molecular weight excluding hydrogens is 252 g/mol. The smallest absolute Gasteiger partial charge is 0.184 e. The van der Waals surface area contributed by atoms with Crippen LogP contribution in [0.1, 0.15) is 5.69 Å². The highest BCUT2D eigenvalue weighted by Crippen LogP contribution is 2.25. The maximum atomic E-state index is 8.71. The molecule has 4 nitrogen and oxygen atoms in total. The lowest BCUT2D eigenvalue weighted by atomic mass is 10.1. The van der Waals surface area contributed by atoms with E-state index in [2.05, 4.69) is 5.16 Å². The van der Waals surface area contributed by atoms with Gasteiger partial charge in [-0.15, -0.1) is 0 Å². The van der Waals surface area contributed by atoms with Gasteiger partial charge in [0.05, 0.1) is 0 Å². The zero-order valence-corrected chi connectivity index (χ0v) is 10.5. The molecule has 1 aromatic heterocycles. The minimum Gasteiger partial charge on any atom is -0.457 e. The van der Waals surface area contributed by atoms with Gasteiger partial charge in [0.2, 0.25) is 0 Å². The van der Waals surface area contributed by atoms with Crippen molar-refractivity contribution in [2.24, 2.45) is 0 Å². The van der Waals surface area contributed by atoms with E-state index < -0.39 is 0 Å². The zero-order valence-electron chi connectivity index (χ0n) is 10.5. The molecule has 0 spiro atoms. The highest BCUT2D eigenvalue weighted by Gasteiger charge is 2.06. The first-order valence-electron chi connectivity index (χ1n) is 6.05. The van der Waals surface area contributed by atoms with Crippen LogP contribution in [0, 0.1) is 11.3 Å². The Balaban J connectivity index is 1.79. The van der Waals surface area contributed by atoms with E-state index >= 15 is 0 Å². The molecule has 96 valence electrons. The normalized spacial score (nSPS) is 9.95. The van der Waals surface area contributed by atoms with Crippen molar-refractivity contribution in [1.82, 2.24) is 5.16 Å². The van der Waals surface area contributed by atoms with Crippen molar-refractivity contribution in [2.45, 2.75) is 0 Å². The van der Waals surface area contributed by atoms with Crippen LogP contribution in [0.15, 0.2) is 65.2 Å². The zero-order chi connectivity index (χ0) is 13.8. The number of nitrogens with zero attached hydrogens (tertiary/aromatic N) is 2. The molecule has 0 N–H and O–H groups in total. The number of hydrogen-bond acceptors (Lipinski definition) is 4. The second-order valence-electron chi connectivity index (χ2n) is 4.13. The first-order valence-corrected chi connectivity index (χ1v) is 6.05. The minimum absolute atomic E-state index is 0.268. The summed E-state index contributed by atoms with van der Waals surface area (Å²) in [6.45, 7) is 0. The molecule has 0 saturated carbocycles. The van der Waals surface area contributed by atoms with Crippen molar-refractivity contribution in [1.29, 1.82) is 5.26 Å². The highest BCUT2D eigenvalue weighted by molar-refractivity contribution is 5.59. The molecular formula is C16H10N2O2. The first-order chi connectivity index (χ1) is 9.85. The summed E-state index contributed by atoms with van der Waals surface area (Å²) in [5, 5.41) is 12.3. The molecule has 0 saturated heterocycles. The van der Waals surface area contributed by atoms with Crippen LogP contribution in [-0.2, 0) is 0 Å². The lowest BCUT2D eigenvalue weighted by Crippen LogP contribution is -1.83. The minimum atomic E-state index is 0.268. The molecule has 4 heteroatoms. The van der Waals surface area contributed by atoms with Gasteiger partial charge in [0.15, 0.2) is 11.5 Å². The Bertz CT molecular complexity index is 740. The monoisotopic (exact) mass is 262 g/mol. The molecule has 20 heavy (non-hydrogen) atoms. The summed E-state index contributed by atoms with van der Waals surface area (Å²) in [4.78, 5) is 0. The SMILES string of the molecule is N#Cc1cc(-c2ccc(Oc3ccccc3)cc2)on1. The van der Waals surface area contributed by atoms with E-state index in [0.29, 0.717) is 5.76 Å². The summed E-state index contributed by atoms with van der Waals surface area (Å²) >= 11 is 0. The third-order valence-corrected chi connectivity index (χ3v) is 2.74. The Morgan fingerprint density at radius 1 is 0.950 bits per heavy atom. The van der Waals surface area contributed by atoms with Crippen LogP contribution in [0.5, 0.6) is 11.5 Å². The van der Waals surface area contributed by atoms with Gasteiger partial charge in [0, 0.05) is 11.6 Å². The topological polar surface area (TPSA) is 59.0 Å². The van der Waals surface area contributed by atoms with Crippen LogP contribution >= 0.6 is 0 Å². The van der Waals surface area contributed by atoms with Gasteiger partial charge in [-0.3, -0.25) is 0 Å². The van der Waals surface area contributed by atoms with Crippen molar-refractivity contribution >= 4 is 0 Å². The van der Waals surface area contributed by atoms with Crippen LogP contribution < -0.4 is 4.74 Å². The molecule has 0 bridgehead atoms. The largest absolute Gasteiger partial charge is 0.457 e. The molecule has 3 rings (SSSR count). The standard InChI is InChI=1S/C16H10N2O2/c17-11-13-10-16(20-18-13)12-6-8-15(9-7-12)19-14-4-2-1-3-5-14/h1-10H. The molecule has 0 amide bonds. The Morgan fingerprint density at radius 2 is 1.65 bits per heavy atom. The Hall–Kier alpha value is -3.06. The molecule has 0 radical (unpaired) electrons. The third kappa shape index (κ3) is 2.52. The van der Waals surface area contributed by atoms with E-state index in [0.717, 1.165) is 17.1 Å². The lowest BCUT2D eigenvalue weighted by Gasteiger charge is -2.05. The number of benzene rings is 2. The van der Waals surface area contributed by atoms with Gasteiger partial charge >= 0.3 is 0 Å². The van der Waals surface area contributed by atoms with E-state index in [1.165, 1.54) is 0 Å². The van der Waals surface area contributed by atoms with Crippen LogP contribution in [0.25, 0.3) is 11.3 Å². The number of aromatic nitrogens is 1. The fraction of sp³-hybridized carbons (Fsp3) is 0. The Kier molecular flexibility index (Phi) is 3.17. The fourth-order valence-electron chi connectivity index (χ4n) is 1.78. The summed E-state index contributed by atoms with van der Waals surface area (Å²) in [6.07, 6.45) is 0. The van der Waals surface area contributed by atoms with Gasteiger partial charge in [-0.1, -0.05) is 23.4 Å². The van der Waals surface area contributed by atoms with E-state index in [9.17, 15) is 0 Å². The van der Waals surface area contributed by atoms with Crippen molar-refractivity contribution in [3.63, 3.8) is 0 Å². The molecule has 0 aliphatic carbocycles. The second kappa shape index (κ2) is 5.29. The summed E-state index contributed by atoms with van der Waals surface area (Å²) in [6, 6.07) is 20.5. The van der Waals surface area contributed by atoms with Gasteiger partial charge in [-0.05, 0) is 36.4 Å². The predicted octanol–water partition coefficient (Wildman–Crippen LogP) is 4.01. The number of nitriles is 1. The molecule has 0 aliphatic rings. The first kappa shape index (κ1) is 12.0. The quantitative estimate of drug-likeness (QED) is 0.715. The van der Waals surface area contributed by atoms with Gasteiger partial charge < -0.3 is 9.26 Å². The molecule has 0 fully saturated rings. The number of para-hydroxylation sites is 1. The third-order valence-electron chi connectivity index (χ3n) is 2.74. The number of rotatable bonds is 3. The molecule has 3 aromatic rings. The number of ether oxygens (including phenoxy) is 1. The molecule has 2 aromatic carbocycles. The van der Waals surface area contributed by atoms with E-state index in [1.54, 1.807) is 6.07 Å². The van der Waals surface area contributed by atoms with E-state index in [4.69, 9.17) is 14.5 Å². The van der Waals surface area contributed by atoms with E-state index in [1.807, 2.05) is 60.7 Å². The maximum Gasteiger partial charge on any atom is 0.184 e. The van der Waals surface area contributed by atoms with Crippen LogP contribution in [0.4, 0.5) is 0 Å². The second-order valence-corrected chi connectivity index (χ2v) is 4.13. The van der Waals surface area contributed by atoms with Crippen molar-refractivity contribution in [3.05, 3.63) is 66.4 Å². The molecule has 0 aliphatic heterocycles. The maximum absolute atomic E-state index is 8.71. The van der Waals surface area contributed by atoms with Gasteiger partial charge in [0.1, 0.15) is 17.6 Å². The average Bonchev–Trinajstić information content (AvgIpc) is 2.98.